The maximum absolute atomic E-state index is 13.2. The summed E-state index contributed by atoms with van der Waals surface area (Å²) in [6.45, 7) is 4.15. The predicted octanol–water partition coefficient (Wildman–Crippen LogP) is 1.39. The second-order valence-electron chi connectivity index (χ2n) is 4.03. The Morgan fingerprint density at radius 2 is 2.14 bits per heavy atom. The van der Waals surface area contributed by atoms with Crippen molar-refractivity contribution in [3.8, 4) is 0 Å². The summed E-state index contributed by atoms with van der Waals surface area (Å²) >= 11 is 0. The van der Waals surface area contributed by atoms with E-state index in [1.807, 2.05) is 0 Å². The number of hydrogen-bond acceptors (Lipinski definition) is 4. The normalized spacial score (nSPS) is 11.3. The molecule has 0 aromatic heterocycles. The predicted molar refractivity (Wildman–Crippen MR) is 74.2 cm³/mol. The minimum atomic E-state index is -3.91. The molecule has 0 aliphatic heterocycles. The Morgan fingerprint density at radius 1 is 1.43 bits per heavy atom. The van der Waals surface area contributed by atoms with E-state index in [4.69, 9.17) is 9.84 Å². The smallest absolute Gasteiger partial charge is 0.338 e. The molecule has 0 spiro atoms. The van der Waals surface area contributed by atoms with E-state index < -0.39 is 27.4 Å². The number of carbonyl (C=O) groups is 1. The zero-order valence-electron chi connectivity index (χ0n) is 11.2. The summed E-state index contributed by atoms with van der Waals surface area (Å²) in [5.74, 6) is -2.52. The summed E-state index contributed by atoms with van der Waals surface area (Å²) < 4.78 is 44.4. The van der Waals surface area contributed by atoms with Crippen molar-refractivity contribution >= 4 is 16.0 Å². The number of ether oxygens (including phenoxy) is 1. The van der Waals surface area contributed by atoms with E-state index in [9.17, 15) is 17.6 Å². The third-order valence-corrected chi connectivity index (χ3v) is 3.94. The molecule has 0 saturated heterocycles. The lowest BCUT2D eigenvalue weighted by molar-refractivity contribution is 0.0691. The maximum atomic E-state index is 13.2. The van der Waals surface area contributed by atoms with Crippen molar-refractivity contribution in [2.24, 2.45) is 0 Å². The van der Waals surface area contributed by atoms with Gasteiger partial charge in [0, 0.05) is 6.54 Å². The first-order chi connectivity index (χ1) is 9.88. The summed E-state index contributed by atoms with van der Waals surface area (Å²) in [6.07, 6.45) is 2.34. The van der Waals surface area contributed by atoms with E-state index in [1.54, 1.807) is 6.08 Å². The quantitative estimate of drug-likeness (QED) is 0.530. The van der Waals surface area contributed by atoms with Crippen LogP contribution >= 0.6 is 0 Å². The van der Waals surface area contributed by atoms with Gasteiger partial charge < -0.3 is 9.84 Å². The number of carboxylic acid groups (broad SMARTS) is 1. The van der Waals surface area contributed by atoms with Crippen LogP contribution < -0.4 is 4.72 Å². The first-order valence-electron chi connectivity index (χ1n) is 6.09. The zero-order valence-corrected chi connectivity index (χ0v) is 12.0. The lowest BCUT2D eigenvalue weighted by atomic mass is 10.2. The van der Waals surface area contributed by atoms with Gasteiger partial charge in [-0.15, -0.1) is 6.58 Å². The molecular formula is C13H16FNO5S. The Kier molecular flexibility index (Phi) is 6.47. The van der Waals surface area contributed by atoms with Gasteiger partial charge in [-0.25, -0.2) is 22.3 Å². The van der Waals surface area contributed by atoms with Crippen LogP contribution in [0.5, 0.6) is 0 Å². The molecule has 0 fully saturated rings. The van der Waals surface area contributed by atoms with Crippen molar-refractivity contribution < 1.29 is 27.4 Å². The van der Waals surface area contributed by atoms with Crippen LogP contribution in [0, 0.1) is 5.82 Å². The Morgan fingerprint density at radius 3 is 2.76 bits per heavy atom. The number of rotatable bonds is 9. The standard InChI is InChI=1S/C13H16FNO5S/c1-2-3-7-20-8-6-15-21(18,19)10-4-5-12(14)11(9-10)13(16)17/h2,4-5,9,15H,1,3,6-8H2,(H,16,17). The van der Waals surface area contributed by atoms with Gasteiger partial charge in [-0.3, -0.25) is 0 Å². The molecule has 0 heterocycles. The van der Waals surface area contributed by atoms with Crippen molar-refractivity contribution in [2.75, 3.05) is 19.8 Å². The van der Waals surface area contributed by atoms with Gasteiger partial charge in [0.15, 0.2) is 0 Å². The largest absolute Gasteiger partial charge is 0.478 e. The molecule has 1 aromatic rings. The number of aromatic carboxylic acids is 1. The summed E-state index contributed by atoms with van der Waals surface area (Å²) in [6, 6.07) is 2.58. The van der Waals surface area contributed by atoms with Gasteiger partial charge in [-0.2, -0.15) is 0 Å². The molecule has 8 heteroatoms. The first-order valence-corrected chi connectivity index (χ1v) is 7.58. The summed E-state index contributed by atoms with van der Waals surface area (Å²) in [4.78, 5) is 10.5. The van der Waals surface area contributed by atoms with Gasteiger partial charge in [0.2, 0.25) is 10.0 Å². The van der Waals surface area contributed by atoms with Gasteiger partial charge in [0.1, 0.15) is 5.82 Å². The highest BCUT2D eigenvalue weighted by molar-refractivity contribution is 7.89. The molecule has 0 bridgehead atoms. The average Bonchev–Trinajstić information content (AvgIpc) is 2.42. The molecule has 0 amide bonds. The number of sulfonamides is 1. The van der Waals surface area contributed by atoms with E-state index in [1.165, 1.54) is 0 Å². The van der Waals surface area contributed by atoms with Crippen molar-refractivity contribution in [2.45, 2.75) is 11.3 Å². The van der Waals surface area contributed by atoms with Gasteiger partial charge in [0.25, 0.3) is 0 Å². The minimum Gasteiger partial charge on any atom is -0.478 e. The Balaban J connectivity index is 2.68. The second-order valence-corrected chi connectivity index (χ2v) is 5.80. The van der Waals surface area contributed by atoms with Crippen LogP contribution in [-0.4, -0.2) is 39.3 Å². The van der Waals surface area contributed by atoms with E-state index in [2.05, 4.69) is 11.3 Å². The van der Waals surface area contributed by atoms with E-state index in [0.29, 0.717) is 13.0 Å². The second kappa shape index (κ2) is 7.87. The zero-order chi connectivity index (χ0) is 15.9. The Hall–Kier alpha value is -1.77. The number of nitrogens with one attached hydrogen (secondary N) is 1. The molecule has 1 rings (SSSR count). The molecular weight excluding hydrogens is 301 g/mol. The lowest BCUT2D eigenvalue weighted by Crippen LogP contribution is -2.27. The fourth-order valence-electron chi connectivity index (χ4n) is 1.44. The molecule has 116 valence electrons. The van der Waals surface area contributed by atoms with Crippen LogP contribution in [0.4, 0.5) is 4.39 Å². The van der Waals surface area contributed by atoms with Crippen molar-refractivity contribution in [1.82, 2.24) is 4.72 Å². The summed E-state index contributed by atoms with van der Waals surface area (Å²) in [5.41, 5.74) is -0.694. The number of carboxylic acids is 1. The van der Waals surface area contributed by atoms with Crippen LogP contribution in [0.3, 0.4) is 0 Å². The molecule has 0 unspecified atom stereocenters. The fourth-order valence-corrected chi connectivity index (χ4v) is 2.47. The van der Waals surface area contributed by atoms with Gasteiger partial charge in [-0.05, 0) is 24.6 Å². The molecule has 1 aromatic carbocycles. The number of hydrogen-bond donors (Lipinski definition) is 2. The Bertz CT molecular complexity index is 615. The van der Waals surface area contributed by atoms with Crippen LogP contribution in [-0.2, 0) is 14.8 Å². The molecule has 0 saturated carbocycles. The van der Waals surface area contributed by atoms with Crippen molar-refractivity contribution in [1.29, 1.82) is 0 Å². The van der Waals surface area contributed by atoms with Crippen LogP contribution in [0.2, 0.25) is 0 Å². The van der Waals surface area contributed by atoms with Crippen LogP contribution in [0.1, 0.15) is 16.8 Å². The monoisotopic (exact) mass is 317 g/mol. The third-order valence-electron chi connectivity index (χ3n) is 2.48. The summed E-state index contributed by atoms with van der Waals surface area (Å²) in [5, 5.41) is 8.77. The molecule has 2 N–H and O–H groups in total. The van der Waals surface area contributed by atoms with Gasteiger partial charge in [0.05, 0.1) is 23.7 Å². The van der Waals surface area contributed by atoms with Crippen LogP contribution in [0.15, 0.2) is 35.7 Å². The average molecular weight is 317 g/mol. The highest BCUT2D eigenvalue weighted by Gasteiger charge is 2.18. The fraction of sp³-hybridized carbons (Fsp3) is 0.308. The molecule has 0 aliphatic rings. The SMILES string of the molecule is C=CCCOCCNS(=O)(=O)c1ccc(F)c(C(=O)O)c1. The lowest BCUT2D eigenvalue weighted by Gasteiger charge is -2.08. The maximum Gasteiger partial charge on any atom is 0.338 e. The highest BCUT2D eigenvalue weighted by atomic mass is 32.2. The van der Waals surface area contributed by atoms with E-state index in [0.717, 1.165) is 18.2 Å². The molecule has 0 radical (unpaired) electrons. The molecule has 6 nitrogen and oxygen atoms in total. The summed E-state index contributed by atoms with van der Waals surface area (Å²) in [7, 11) is -3.91. The third kappa shape index (κ3) is 5.25. The molecule has 0 atom stereocenters. The van der Waals surface area contributed by atoms with Gasteiger partial charge in [-0.1, -0.05) is 6.08 Å². The van der Waals surface area contributed by atoms with E-state index >= 15 is 0 Å². The molecule has 0 aliphatic carbocycles. The number of benzene rings is 1. The Labute approximate surface area is 122 Å². The van der Waals surface area contributed by atoms with Crippen LogP contribution in [0.25, 0.3) is 0 Å². The van der Waals surface area contributed by atoms with Crippen molar-refractivity contribution in [3.05, 3.63) is 42.2 Å². The highest BCUT2D eigenvalue weighted by Crippen LogP contribution is 2.15. The first kappa shape index (κ1) is 17.3. The molecule has 21 heavy (non-hydrogen) atoms. The topological polar surface area (TPSA) is 92.7 Å². The minimum absolute atomic E-state index is 0.0270. The number of halogens is 1. The van der Waals surface area contributed by atoms with E-state index in [-0.39, 0.29) is 18.0 Å². The van der Waals surface area contributed by atoms with Crippen molar-refractivity contribution in [3.63, 3.8) is 0 Å². The van der Waals surface area contributed by atoms with Gasteiger partial charge >= 0.3 is 5.97 Å².